The second kappa shape index (κ2) is 5.54. The van der Waals surface area contributed by atoms with Gasteiger partial charge in [-0.1, -0.05) is 12.1 Å². The Kier molecular flexibility index (Phi) is 4.01. The molecular formula is C13H10BrFO4. The Balaban J connectivity index is 2.34. The monoisotopic (exact) mass is 328 g/mol. The Hall–Kier alpha value is -1.66. The number of hydrogen-bond donors (Lipinski definition) is 1. The minimum Gasteiger partial charge on any atom is -0.463 e. The van der Waals surface area contributed by atoms with Crippen molar-refractivity contribution in [3.05, 3.63) is 57.7 Å². The van der Waals surface area contributed by atoms with Crippen molar-refractivity contribution in [2.45, 2.75) is 6.10 Å². The number of ether oxygens (including phenoxy) is 1. The summed E-state index contributed by atoms with van der Waals surface area (Å²) in [5, 5.41) is 10.1. The van der Waals surface area contributed by atoms with Crippen molar-refractivity contribution >= 4 is 21.9 Å². The summed E-state index contributed by atoms with van der Waals surface area (Å²) >= 11 is 3.06. The van der Waals surface area contributed by atoms with Crippen molar-refractivity contribution in [3.63, 3.8) is 0 Å². The molecular weight excluding hydrogens is 319 g/mol. The second-order valence-electron chi connectivity index (χ2n) is 3.74. The highest BCUT2D eigenvalue weighted by atomic mass is 79.9. The maximum Gasteiger partial charge on any atom is 0.373 e. The molecule has 1 heterocycles. The number of hydrogen-bond acceptors (Lipinski definition) is 4. The number of aliphatic hydroxyl groups excluding tert-OH is 1. The third kappa shape index (κ3) is 2.69. The second-order valence-corrected chi connectivity index (χ2v) is 4.53. The molecule has 0 saturated heterocycles. The van der Waals surface area contributed by atoms with E-state index in [-0.39, 0.29) is 16.0 Å². The summed E-state index contributed by atoms with van der Waals surface area (Å²) in [5.74, 6) is -1.02. The quantitative estimate of drug-likeness (QED) is 0.880. The lowest BCUT2D eigenvalue weighted by Gasteiger charge is -2.10. The largest absolute Gasteiger partial charge is 0.463 e. The van der Waals surface area contributed by atoms with Crippen molar-refractivity contribution in [1.29, 1.82) is 0 Å². The van der Waals surface area contributed by atoms with Crippen LogP contribution in [0.2, 0.25) is 0 Å². The van der Waals surface area contributed by atoms with Crippen LogP contribution in [0.4, 0.5) is 4.39 Å². The van der Waals surface area contributed by atoms with Crippen molar-refractivity contribution in [1.82, 2.24) is 0 Å². The maximum absolute atomic E-state index is 13.4. The molecule has 1 unspecified atom stereocenters. The van der Waals surface area contributed by atoms with Crippen molar-refractivity contribution in [2.75, 3.05) is 7.11 Å². The number of aliphatic hydroxyl groups is 1. The van der Waals surface area contributed by atoms with Crippen LogP contribution in [0.5, 0.6) is 0 Å². The van der Waals surface area contributed by atoms with E-state index >= 15 is 0 Å². The molecule has 0 spiro atoms. The van der Waals surface area contributed by atoms with Gasteiger partial charge in [-0.15, -0.1) is 0 Å². The van der Waals surface area contributed by atoms with E-state index in [0.29, 0.717) is 5.56 Å². The summed E-state index contributed by atoms with van der Waals surface area (Å²) in [6.45, 7) is 0. The van der Waals surface area contributed by atoms with Gasteiger partial charge in [0.2, 0.25) is 5.76 Å². The Bertz CT molecular complexity index is 608. The SMILES string of the molecule is COC(=O)c1ccc(C(O)c2cccc(F)c2Br)o1. The molecule has 0 aliphatic heterocycles. The lowest BCUT2D eigenvalue weighted by Crippen LogP contribution is -2.01. The fraction of sp³-hybridized carbons (Fsp3) is 0.154. The van der Waals surface area contributed by atoms with Crippen LogP contribution in [-0.4, -0.2) is 18.2 Å². The molecule has 1 aromatic heterocycles. The lowest BCUT2D eigenvalue weighted by molar-refractivity contribution is 0.0558. The van der Waals surface area contributed by atoms with Crippen LogP contribution in [0.3, 0.4) is 0 Å². The van der Waals surface area contributed by atoms with Crippen LogP contribution in [0.15, 0.2) is 39.2 Å². The number of carbonyl (C=O) groups excluding carboxylic acids is 1. The molecule has 0 aliphatic carbocycles. The van der Waals surface area contributed by atoms with Gasteiger partial charge < -0.3 is 14.3 Å². The molecule has 0 amide bonds. The standard InChI is InChI=1S/C13H10BrFO4/c1-18-13(17)10-6-5-9(19-10)12(16)7-3-2-4-8(15)11(7)14/h2-6,12,16H,1H3. The van der Waals surface area contributed by atoms with E-state index in [9.17, 15) is 14.3 Å². The average Bonchev–Trinajstić information content (AvgIpc) is 2.90. The Morgan fingerprint density at radius 1 is 1.42 bits per heavy atom. The van der Waals surface area contributed by atoms with Crippen molar-refractivity contribution in [3.8, 4) is 0 Å². The summed E-state index contributed by atoms with van der Waals surface area (Å²) < 4.78 is 23.2. The summed E-state index contributed by atoms with van der Waals surface area (Å²) in [6, 6.07) is 7.12. The van der Waals surface area contributed by atoms with Gasteiger partial charge in [0.15, 0.2) is 0 Å². The molecule has 0 fully saturated rings. The highest BCUT2D eigenvalue weighted by Crippen LogP contribution is 2.31. The fourth-order valence-corrected chi connectivity index (χ4v) is 2.08. The summed E-state index contributed by atoms with van der Waals surface area (Å²) in [7, 11) is 1.23. The van der Waals surface area contributed by atoms with E-state index in [1.807, 2.05) is 0 Å². The molecule has 100 valence electrons. The third-order valence-electron chi connectivity index (χ3n) is 2.56. The number of furan rings is 1. The van der Waals surface area contributed by atoms with Gasteiger partial charge in [0.25, 0.3) is 0 Å². The number of halogens is 2. The molecule has 1 aromatic carbocycles. The zero-order chi connectivity index (χ0) is 14.0. The van der Waals surface area contributed by atoms with Gasteiger partial charge in [0.1, 0.15) is 17.7 Å². The van der Waals surface area contributed by atoms with E-state index in [2.05, 4.69) is 20.7 Å². The van der Waals surface area contributed by atoms with Crippen LogP contribution in [0, 0.1) is 5.82 Å². The molecule has 2 rings (SSSR count). The van der Waals surface area contributed by atoms with Crippen LogP contribution in [0.1, 0.15) is 28.0 Å². The molecule has 6 heteroatoms. The van der Waals surface area contributed by atoms with Crippen LogP contribution in [-0.2, 0) is 4.74 Å². The topological polar surface area (TPSA) is 59.7 Å². The smallest absolute Gasteiger partial charge is 0.373 e. The normalized spacial score (nSPS) is 12.2. The third-order valence-corrected chi connectivity index (χ3v) is 3.40. The number of benzene rings is 1. The number of rotatable bonds is 3. The highest BCUT2D eigenvalue weighted by molar-refractivity contribution is 9.10. The van der Waals surface area contributed by atoms with Crippen LogP contribution in [0.25, 0.3) is 0 Å². The fourth-order valence-electron chi connectivity index (χ4n) is 1.60. The van der Waals surface area contributed by atoms with E-state index < -0.39 is 17.9 Å². The Labute approximate surface area is 116 Å². The molecule has 0 radical (unpaired) electrons. The zero-order valence-corrected chi connectivity index (χ0v) is 11.5. The van der Waals surface area contributed by atoms with Gasteiger partial charge in [0, 0.05) is 5.56 Å². The van der Waals surface area contributed by atoms with E-state index in [4.69, 9.17) is 4.42 Å². The average molecular weight is 329 g/mol. The van der Waals surface area contributed by atoms with Gasteiger partial charge in [-0.3, -0.25) is 0 Å². The van der Waals surface area contributed by atoms with Crippen LogP contribution < -0.4 is 0 Å². The van der Waals surface area contributed by atoms with Crippen molar-refractivity contribution in [2.24, 2.45) is 0 Å². The first-order valence-electron chi connectivity index (χ1n) is 5.34. The van der Waals surface area contributed by atoms with Crippen molar-refractivity contribution < 1.29 is 23.4 Å². The first kappa shape index (κ1) is 13.8. The summed E-state index contributed by atoms with van der Waals surface area (Å²) in [5.41, 5.74) is 0.311. The van der Waals surface area contributed by atoms with Gasteiger partial charge in [0.05, 0.1) is 11.6 Å². The van der Waals surface area contributed by atoms with Crippen LogP contribution >= 0.6 is 15.9 Å². The van der Waals surface area contributed by atoms with E-state index in [1.54, 1.807) is 6.07 Å². The van der Waals surface area contributed by atoms with Gasteiger partial charge >= 0.3 is 5.97 Å². The lowest BCUT2D eigenvalue weighted by atomic mass is 10.1. The van der Waals surface area contributed by atoms with E-state index in [1.165, 1.54) is 31.4 Å². The Morgan fingerprint density at radius 3 is 2.84 bits per heavy atom. The van der Waals surface area contributed by atoms with Gasteiger partial charge in [-0.25, -0.2) is 9.18 Å². The predicted molar refractivity (Wildman–Crippen MR) is 68.2 cm³/mol. The van der Waals surface area contributed by atoms with Gasteiger partial charge in [-0.05, 0) is 34.1 Å². The highest BCUT2D eigenvalue weighted by Gasteiger charge is 2.21. The molecule has 1 N–H and O–H groups in total. The number of methoxy groups -OCH3 is 1. The molecule has 0 saturated carbocycles. The minimum absolute atomic E-state index is 0.0240. The van der Waals surface area contributed by atoms with Gasteiger partial charge in [-0.2, -0.15) is 0 Å². The molecule has 4 nitrogen and oxygen atoms in total. The molecule has 1 atom stereocenters. The first-order chi connectivity index (χ1) is 9.04. The molecule has 19 heavy (non-hydrogen) atoms. The first-order valence-corrected chi connectivity index (χ1v) is 6.14. The minimum atomic E-state index is -1.18. The summed E-state index contributed by atoms with van der Waals surface area (Å²) in [4.78, 5) is 11.2. The maximum atomic E-state index is 13.4. The predicted octanol–water partition coefficient (Wildman–Crippen LogP) is 3.05. The molecule has 0 aliphatic rings. The molecule has 2 aromatic rings. The number of carbonyl (C=O) groups is 1. The summed E-state index contributed by atoms with van der Waals surface area (Å²) in [6.07, 6.45) is -1.18. The number of esters is 1. The molecule has 0 bridgehead atoms. The Morgan fingerprint density at radius 2 is 2.16 bits per heavy atom. The van der Waals surface area contributed by atoms with E-state index in [0.717, 1.165) is 0 Å². The zero-order valence-electron chi connectivity index (χ0n) is 9.89.